The molecular formula is C24H22BrN3O3S. The number of anilines is 1. The maximum absolute atomic E-state index is 12.8. The largest absolute Gasteiger partial charge is 0.493 e. The zero-order valence-electron chi connectivity index (χ0n) is 17.9. The summed E-state index contributed by atoms with van der Waals surface area (Å²) >= 11 is 4.84. The van der Waals surface area contributed by atoms with Gasteiger partial charge in [0.25, 0.3) is 5.91 Å². The summed E-state index contributed by atoms with van der Waals surface area (Å²) in [6.07, 6.45) is 2.30. The van der Waals surface area contributed by atoms with Crippen molar-refractivity contribution >= 4 is 44.4 Å². The average Bonchev–Trinajstić information content (AvgIpc) is 3.21. The number of carbonyl (C=O) groups is 1. The number of thiazole rings is 1. The minimum absolute atomic E-state index is 0.0327. The highest BCUT2D eigenvalue weighted by atomic mass is 79.9. The third-order valence-electron chi connectivity index (χ3n) is 4.52. The summed E-state index contributed by atoms with van der Waals surface area (Å²) in [7, 11) is 1.54. The number of nitrogens with zero attached hydrogens (tertiary/aromatic N) is 2. The van der Waals surface area contributed by atoms with Crippen LogP contribution in [-0.2, 0) is 11.2 Å². The molecule has 0 aliphatic carbocycles. The Balaban J connectivity index is 1.84. The Morgan fingerprint density at radius 1 is 1.22 bits per heavy atom. The van der Waals surface area contributed by atoms with Crippen molar-refractivity contribution < 1.29 is 14.3 Å². The van der Waals surface area contributed by atoms with Gasteiger partial charge in [-0.25, -0.2) is 4.98 Å². The highest BCUT2D eigenvalue weighted by Crippen LogP contribution is 2.33. The molecule has 0 saturated carbocycles. The topological polar surface area (TPSA) is 84.2 Å². The molecule has 1 aromatic heterocycles. The predicted octanol–water partition coefficient (Wildman–Crippen LogP) is 6.09. The number of benzene rings is 2. The Hall–Kier alpha value is -3.15. The van der Waals surface area contributed by atoms with Crippen LogP contribution in [0.15, 0.2) is 52.5 Å². The van der Waals surface area contributed by atoms with Crippen molar-refractivity contribution in [3.63, 3.8) is 0 Å². The molecule has 3 aromatic rings. The Kier molecular flexibility index (Phi) is 8.03. The Bertz CT molecular complexity index is 1180. The van der Waals surface area contributed by atoms with Crippen LogP contribution >= 0.6 is 27.3 Å². The van der Waals surface area contributed by atoms with E-state index in [0.717, 1.165) is 27.0 Å². The summed E-state index contributed by atoms with van der Waals surface area (Å²) in [5.74, 6) is 0.620. The molecule has 3 rings (SSSR count). The normalized spacial score (nSPS) is 11.0. The van der Waals surface area contributed by atoms with Crippen LogP contribution in [0.2, 0.25) is 0 Å². The number of nitrogens with one attached hydrogen (secondary N) is 1. The minimum atomic E-state index is -0.515. The number of halogens is 1. The number of aryl methyl sites for hydroxylation is 1. The van der Waals surface area contributed by atoms with Gasteiger partial charge in [0, 0.05) is 14.9 Å². The number of hydrogen-bond acceptors (Lipinski definition) is 6. The molecule has 164 valence electrons. The van der Waals surface area contributed by atoms with Crippen LogP contribution in [0.4, 0.5) is 5.13 Å². The Morgan fingerprint density at radius 3 is 2.59 bits per heavy atom. The van der Waals surface area contributed by atoms with Crippen LogP contribution in [0.5, 0.6) is 11.5 Å². The lowest BCUT2D eigenvalue weighted by Crippen LogP contribution is -2.13. The molecule has 0 spiro atoms. The first-order valence-electron chi connectivity index (χ1n) is 9.98. The van der Waals surface area contributed by atoms with Crippen molar-refractivity contribution in [1.82, 2.24) is 4.98 Å². The van der Waals surface area contributed by atoms with Gasteiger partial charge in [-0.15, -0.1) is 11.3 Å². The van der Waals surface area contributed by atoms with Crippen LogP contribution in [-0.4, -0.2) is 24.6 Å². The first-order chi connectivity index (χ1) is 15.5. The van der Waals surface area contributed by atoms with Gasteiger partial charge in [-0.1, -0.05) is 41.1 Å². The number of carbonyl (C=O) groups excluding carboxylic acids is 1. The quantitative estimate of drug-likeness (QED) is 0.292. The lowest BCUT2D eigenvalue weighted by Gasteiger charge is -2.09. The van der Waals surface area contributed by atoms with Gasteiger partial charge in [-0.05, 0) is 49.2 Å². The fraction of sp³-hybridized carbons (Fsp3) is 0.208. The predicted molar refractivity (Wildman–Crippen MR) is 131 cm³/mol. The molecule has 1 amide bonds. The van der Waals surface area contributed by atoms with Crippen molar-refractivity contribution in [3.8, 4) is 28.8 Å². The summed E-state index contributed by atoms with van der Waals surface area (Å²) in [5, 5.41) is 12.8. The molecule has 1 heterocycles. The molecule has 2 aromatic carbocycles. The summed E-state index contributed by atoms with van der Waals surface area (Å²) in [6.45, 7) is 4.44. The molecular weight excluding hydrogens is 490 g/mol. The smallest absolute Gasteiger partial charge is 0.268 e. The van der Waals surface area contributed by atoms with Gasteiger partial charge in [0.05, 0.1) is 19.4 Å². The Morgan fingerprint density at radius 2 is 1.97 bits per heavy atom. The van der Waals surface area contributed by atoms with Crippen LogP contribution < -0.4 is 14.8 Å². The number of aromatic nitrogens is 1. The third kappa shape index (κ3) is 5.55. The maximum Gasteiger partial charge on any atom is 0.268 e. The third-order valence-corrected chi connectivity index (χ3v) is 6.16. The van der Waals surface area contributed by atoms with E-state index in [1.807, 2.05) is 44.2 Å². The molecule has 32 heavy (non-hydrogen) atoms. The number of hydrogen-bond donors (Lipinski definition) is 1. The molecule has 1 N–H and O–H groups in total. The molecule has 0 atom stereocenters. The van der Waals surface area contributed by atoms with E-state index in [1.54, 1.807) is 25.3 Å². The second-order valence-electron chi connectivity index (χ2n) is 6.62. The molecule has 0 radical (unpaired) electrons. The highest BCUT2D eigenvalue weighted by molar-refractivity contribution is 9.10. The van der Waals surface area contributed by atoms with E-state index in [0.29, 0.717) is 28.8 Å². The zero-order chi connectivity index (χ0) is 23.1. The van der Waals surface area contributed by atoms with E-state index in [-0.39, 0.29) is 5.57 Å². The van der Waals surface area contributed by atoms with Gasteiger partial charge < -0.3 is 9.47 Å². The van der Waals surface area contributed by atoms with Crippen molar-refractivity contribution in [3.05, 3.63) is 63.0 Å². The van der Waals surface area contributed by atoms with Gasteiger partial charge in [-0.2, -0.15) is 5.26 Å². The van der Waals surface area contributed by atoms with Crippen molar-refractivity contribution in [2.45, 2.75) is 20.3 Å². The maximum atomic E-state index is 12.8. The summed E-state index contributed by atoms with van der Waals surface area (Å²) in [5.41, 5.74) is 2.42. The van der Waals surface area contributed by atoms with E-state index in [2.05, 4.69) is 26.2 Å². The van der Waals surface area contributed by atoms with E-state index in [4.69, 9.17) is 9.47 Å². The van der Waals surface area contributed by atoms with Gasteiger partial charge in [0.1, 0.15) is 11.6 Å². The van der Waals surface area contributed by atoms with Gasteiger partial charge >= 0.3 is 0 Å². The van der Waals surface area contributed by atoms with Gasteiger partial charge in [0.2, 0.25) is 0 Å². The van der Waals surface area contributed by atoms with Crippen LogP contribution in [0.3, 0.4) is 0 Å². The number of ether oxygens (including phenoxy) is 2. The van der Waals surface area contributed by atoms with Gasteiger partial charge in [0.15, 0.2) is 16.6 Å². The number of amides is 1. The van der Waals surface area contributed by atoms with Crippen molar-refractivity contribution in [1.29, 1.82) is 5.26 Å². The summed E-state index contributed by atoms with van der Waals surface area (Å²) in [6, 6.07) is 15.1. The Labute approximate surface area is 199 Å². The van der Waals surface area contributed by atoms with Crippen LogP contribution in [0.1, 0.15) is 24.3 Å². The zero-order valence-corrected chi connectivity index (χ0v) is 20.3. The van der Waals surface area contributed by atoms with E-state index < -0.39 is 5.91 Å². The lowest BCUT2D eigenvalue weighted by molar-refractivity contribution is -0.112. The SMILES string of the molecule is CCOc1ccc(/C=C(\C#N)C(=O)Nc2nc(-c3ccc(Br)cc3)c(CC)s2)cc1OC. The highest BCUT2D eigenvalue weighted by Gasteiger charge is 2.16. The van der Waals surface area contributed by atoms with Crippen LogP contribution in [0.25, 0.3) is 17.3 Å². The minimum Gasteiger partial charge on any atom is -0.493 e. The molecule has 0 fully saturated rings. The van der Waals surface area contributed by atoms with E-state index in [9.17, 15) is 10.1 Å². The average molecular weight is 512 g/mol. The molecule has 0 bridgehead atoms. The summed E-state index contributed by atoms with van der Waals surface area (Å²) in [4.78, 5) is 18.4. The van der Waals surface area contributed by atoms with Gasteiger partial charge in [-0.3, -0.25) is 10.1 Å². The second kappa shape index (κ2) is 10.9. The first-order valence-corrected chi connectivity index (χ1v) is 11.6. The van der Waals surface area contributed by atoms with Crippen LogP contribution in [0, 0.1) is 11.3 Å². The van der Waals surface area contributed by atoms with E-state index in [1.165, 1.54) is 17.4 Å². The second-order valence-corrected chi connectivity index (χ2v) is 8.62. The number of methoxy groups -OCH3 is 1. The standard InChI is InChI=1S/C24H22BrN3O3S/c1-4-21-22(16-7-9-18(25)10-8-16)27-24(32-21)28-23(29)17(14-26)12-15-6-11-19(31-5-2)20(13-15)30-3/h6-13H,4-5H2,1-3H3,(H,27,28,29)/b17-12+. The first kappa shape index (κ1) is 23.5. The van der Waals surface area contributed by atoms with Crippen molar-refractivity contribution in [2.24, 2.45) is 0 Å². The number of rotatable bonds is 8. The monoisotopic (exact) mass is 511 g/mol. The van der Waals surface area contributed by atoms with Crippen molar-refractivity contribution in [2.75, 3.05) is 19.0 Å². The molecule has 0 aliphatic rings. The fourth-order valence-corrected chi connectivity index (χ4v) is 4.19. The molecule has 0 saturated heterocycles. The fourth-order valence-electron chi connectivity index (χ4n) is 3.01. The lowest BCUT2D eigenvalue weighted by atomic mass is 10.1. The molecule has 0 unspecified atom stereocenters. The number of nitriles is 1. The molecule has 6 nitrogen and oxygen atoms in total. The molecule has 0 aliphatic heterocycles. The molecule has 8 heteroatoms. The van der Waals surface area contributed by atoms with E-state index >= 15 is 0 Å². The summed E-state index contributed by atoms with van der Waals surface area (Å²) < 4.78 is 11.8.